The van der Waals surface area contributed by atoms with Crippen LogP contribution in [0.1, 0.15) is 5.56 Å². The second-order valence-corrected chi connectivity index (χ2v) is 8.45. The maximum atomic E-state index is 12.6. The Morgan fingerprint density at radius 1 is 1.16 bits per heavy atom. The van der Waals surface area contributed by atoms with E-state index in [-0.39, 0.29) is 22.0 Å². The van der Waals surface area contributed by atoms with Crippen LogP contribution in [0.5, 0.6) is 11.6 Å². The zero-order valence-electron chi connectivity index (χ0n) is 16.5. The molecule has 0 unspecified atom stereocenters. The summed E-state index contributed by atoms with van der Waals surface area (Å²) in [6, 6.07) is 11.6. The van der Waals surface area contributed by atoms with Gasteiger partial charge in [0.15, 0.2) is 10.5 Å². The first-order valence-corrected chi connectivity index (χ1v) is 10.5. The summed E-state index contributed by atoms with van der Waals surface area (Å²) in [5, 5.41) is 12.1. The lowest BCUT2D eigenvalue weighted by molar-refractivity contribution is 0.340. The van der Waals surface area contributed by atoms with Crippen molar-refractivity contribution < 1.29 is 9.84 Å². The fourth-order valence-electron chi connectivity index (χ4n) is 2.79. The Bertz CT molecular complexity index is 1230. The summed E-state index contributed by atoms with van der Waals surface area (Å²) in [5.74, 6) is 0.238. The normalized spacial score (nSPS) is 11.7. The molecule has 3 aromatic rings. The van der Waals surface area contributed by atoms with Gasteiger partial charge in [-0.1, -0.05) is 40.9 Å². The number of benzene rings is 2. The van der Waals surface area contributed by atoms with Crippen molar-refractivity contribution in [2.75, 3.05) is 20.6 Å². The molecule has 2 N–H and O–H groups in total. The molecule has 6 nitrogen and oxygen atoms in total. The van der Waals surface area contributed by atoms with E-state index in [4.69, 9.17) is 51.8 Å². The highest BCUT2D eigenvalue weighted by atomic mass is 35.5. The van der Waals surface area contributed by atoms with Crippen LogP contribution in [0.4, 0.5) is 0 Å². The van der Waals surface area contributed by atoms with Gasteiger partial charge < -0.3 is 14.7 Å². The fraction of sp³-hybridized carbons (Fsp3) is 0.143. The molecule has 0 aliphatic rings. The van der Waals surface area contributed by atoms with Crippen molar-refractivity contribution in [2.45, 2.75) is 0 Å². The number of aromatic nitrogens is 2. The van der Waals surface area contributed by atoms with E-state index in [9.17, 15) is 9.90 Å². The molecule has 0 spiro atoms. The minimum absolute atomic E-state index is 0.0335. The van der Waals surface area contributed by atoms with Crippen molar-refractivity contribution in [1.29, 1.82) is 0 Å². The molecular formula is C21H18Cl3N3O3S. The number of ether oxygens (including phenoxy) is 1. The lowest BCUT2D eigenvalue weighted by Gasteiger charge is -2.17. The summed E-state index contributed by atoms with van der Waals surface area (Å²) in [4.78, 5) is 17.0. The number of rotatable bonds is 6. The first kappa shape index (κ1) is 23.4. The van der Waals surface area contributed by atoms with Gasteiger partial charge >= 0.3 is 0 Å². The predicted octanol–water partition coefficient (Wildman–Crippen LogP) is 5.54. The van der Waals surface area contributed by atoms with Gasteiger partial charge in [0, 0.05) is 5.02 Å². The van der Waals surface area contributed by atoms with Crippen molar-refractivity contribution >= 4 is 53.1 Å². The zero-order valence-corrected chi connectivity index (χ0v) is 19.6. The lowest BCUT2D eigenvalue weighted by atomic mass is 10.2. The molecule has 1 heterocycles. The Kier molecular flexibility index (Phi) is 7.46. The van der Waals surface area contributed by atoms with Gasteiger partial charge in [0.1, 0.15) is 11.3 Å². The van der Waals surface area contributed by atoms with Gasteiger partial charge in [-0.15, -0.1) is 0 Å². The average molecular weight is 499 g/mol. The Labute approximate surface area is 198 Å². The van der Waals surface area contributed by atoms with Crippen molar-refractivity contribution in [1.82, 2.24) is 14.5 Å². The van der Waals surface area contributed by atoms with E-state index in [0.29, 0.717) is 33.1 Å². The predicted molar refractivity (Wildman–Crippen MR) is 128 cm³/mol. The topological polar surface area (TPSA) is 70.5 Å². The zero-order chi connectivity index (χ0) is 22.7. The third-order valence-electron chi connectivity index (χ3n) is 4.14. The van der Waals surface area contributed by atoms with Gasteiger partial charge in [0.25, 0.3) is 5.56 Å². The summed E-state index contributed by atoms with van der Waals surface area (Å²) >= 11 is 23.6. The van der Waals surface area contributed by atoms with Crippen molar-refractivity contribution in [2.24, 2.45) is 0 Å². The molecule has 162 valence electrons. The van der Waals surface area contributed by atoms with Gasteiger partial charge in [0.2, 0.25) is 5.88 Å². The largest absolute Gasteiger partial charge is 0.494 e. The number of para-hydroxylation sites is 1. The van der Waals surface area contributed by atoms with Crippen LogP contribution in [0.15, 0.2) is 53.0 Å². The van der Waals surface area contributed by atoms with Crippen LogP contribution in [0, 0.1) is 4.77 Å². The number of likely N-dealkylation sites (N-methyl/N-ethyl adjacent to an activating group) is 1. The molecule has 3 rings (SSSR count). The highest BCUT2D eigenvalue weighted by molar-refractivity contribution is 7.71. The van der Waals surface area contributed by atoms with Crippen LogP contribution in [0.2, 0.25) is 15.1 Å². The standard InChI is InChI=1S/C21H18Cl3N3O3S/c1-26(2)11-14(30-18-16(23)4-3-5-17(18)24)10-15-19(28)25-21(31)27(20(15)29)13-8-6-12(22)7-9-13/h3-10,29H,11H2,1-2H3,(H,25,28,31). The molecule has 2 aromatic carbocycles. The summed E-state index contributed by atoms with van der Waals surface area (Å²) < 4.78 is 7.29. The summed E-state index contributed by atoms with van der Waals surface area (Å²) in [6.07, 6.45) is 1.43. The third kappa shape index (κ3) is 5.50. The number of hydrogen-bond donors (Lipinski definition) is 2. The monoisotopic (exact) mass is 497 g/mol. The van der Waals surface area contributed by atoms with E-state index >= 15 is 0 Å². The number of H-pyrrole nitrogens is 1. The van der Waals surface area contributed by atoms with E-state index in [1.807, 2.05) is 19.0 Å². The molecule has 31 heavy (non-hydrogen) atoms. The minimum atomic E-state index is -0.571. The fourth-order valence-corrected chi connectivity index (χ4v) is 3.67. The van der Waals surface area contributed by atoms with Crippen molar-refractivity contribution in [3.8, 4) is 17.3 Å². The Morgan fingerprint density at radius 3 is 2.35 bits per heavy atom. The van der Waals surface area contributed by atoms with Crippen LogP contribution in [0.25, 0.3) is 11.8 Å². The number of aromatic hydroxyl groups is 1. The molecule has 0 bridgehead atoms. The number of nitrogens with zero attached hydrogens (tertiary/aromatic N) is 2. The van der Waals surface area contributed by atoms with E-state index < -0.39 is 5.56 Å². The Balaban J connectivity index is 2.16. The number of hydrogen-bond acceptors (Lipinski definition) is 5. The molecule has 0 aliphatic carbocycles. The summed E-state index contributed by atoms with van der Waals surface area (Å²) in [7, 11) is 3.66. The molecule has 0 aliphatic heterocycles. The molecular weight excluding hydrogens is 481 g/mol. The SMILES string of the molecule is CN(C)CC(=Cc1c(O)n(-c2ccc(Cl)cc2)c(=S)[nH]c1=O)Oc1c(Cl)cccc1Cl. The van der Waals surface area contributed by atoms with Crippen LogP contribution >= 0.6 is 47.0 Å². The Morgan fingerprint density at radius 2 is 1.77 bits per heavy atom. The highest BCUT2D eigenvalue weighted by Gasteiger charge is 2.16. The van der Waals surface area contributed by atoms with Crippen molar-refractivity contribution in [3.05, 3.63) is 84.0 Å². The maximum absolute atomic E-state index is 12.6. The first-order chi connectivity index (χ1) is 14.7. The van der Waals surface area contributed by atoms with Gasteiger partial charge in [-0.2, -0.15) is 0 Å². The van der Waals surface area contributed by atoms with E-state index in [1.165, 1.54) is 10.6 Å². The maximum Gasteiger partial charge on any atom is 0.262 e. The molecule has 0 fully saturated rings. The molecule has 0 saturated carbocycles. The van der Waals surface area contributed by atoms with Gasteiger partial charge in [0.05, 0.1) is 22.3 Å². The quantitative estimate of drug-likeness (QED) is 0.345. The third-order valence-corrected chi connectivity index (χ3v) is 5.27. The number of halogens is 3. The summed E-state index contributed by atoms with van der Waals surface area (Å²) in [6.45, 7) is 0.303. The van der Waals surface area contributed by atoms with E-state index in [2.05, 4.69) is 4.98 Å². The molecule has 10 heteroatoms. The van der Waals surface area contributed by atoms with E-state index in [0.717, 1.165) is 0 Å². The van der Waals surface area contributed by atoms with Gasteiger partial charge in [-0.3, -0.25) is 14.3 Å². The second-order valence-electron chi connectivity index (χ2n) is 6.81. The minimum Gasteiger partial charge on any atom is -0.494 e. The van der Waals surface area contributed by atoms with Crippen LogP contribution in [0.3, 0.4) is 0 Å². The van der Waals surface area contributed by atoms with E-state index in [1.54, 1.807) is 42.5 Å². The molecule has 0 radical (unpaired) electrons. The highest BCUT2D eigenvalue weighted by Crippen LogP contribution is 2.34. The molecule has 0 saturated heterocycles. The molecule has 0 amide bonds. The Hall–Kier alpha value is -2.29. The van der Waals surface area contributed by atoms with Gasteiger partial charge in [-0.25, -0.2) is 0 Å². The van der Waals surface area contributed by atoms with Gasteiger partial charge in [-0.05, 0) is 68.8 Å². The summed E-state index contributed by atoms with van der Waals surface area (Å²) in [5.41, 5.74) is -0.0802. The first-order valence-electron chi connectivity index (χ1n) is 8.98. The molecule has 1 aromatic heterocycles. The smallest absolute Gasteiger partial charge is 0.262 e. The van der Waals surface area contributed by atoms with Crippen LogP contribution < -0.4 is 10.3 Å². The average Bonchev–Trinajstić information content (AvgIpc) is 2.68. The number of aromatic amines is 1. The molecule has 0 atom stereocenters. The second kappa shape index (κ2) is 9.89. The number of nitrogens with one attached hydrogen (secondary N) is 1. The lowest BCUT2D eigenvalue weighted by Crippen LogP contribution is -2.20. The van der Waals surface area contributed by atoms with Crippen molar-refractivity contribution in [3.63, 3.8) is 0 Å². The van der Waals surface area contributed by atoms with Crippen LogP contribution in [-0.4, -0.2) is 40.2 Å². The van der Waals surface area contributed by atoms with Crippen LogP contribution in [-0.2, 0) is 0 Å².